The quantitative estimate of drug-likeness (QED) is 0.112. The minimum atomic E-state index is -0.934. The Morgan fingerprint density at radius 2 is 1.06 bits per heavy atom. The summed E-state index contributed by atoms with van der Waals surface area (Å²) >= 11 is 0. The summed E-state index contributed by atoms with van der Waals surface area (Å²) in [5, 5.41) is 8.54. The second kappa shape index (κ2) is 18.8. The summed E-state index contributed by atoms with van der Waals surface area (Å²) in [6.07, 6.45) is 10.6. The van der Waals surface area contributed by atoms with Crippen molar-refractivity contribution in [2.75, 3.05) is 0 Å². The van der Waals surface area contributed by atoms with E-state index in [-0.39, 0.29) is 0 Å². The number of nitrogens with two attached hydrogens (primary N) is 2. The Morgan fingerprint density at radius 1 is 0.532 bits per heavy atom. The summed E-state index contributed by atoms with van der Waals surface area (Å²) in [5.74, 6) is 0. The summed E-state index contributed by atoms with van der Waals surface area (Å²) in [6, 6.07) is 65.4. The molecule has 10 rings (SSSR count). The Morgan fingerprint density at radius 3 is 1.65 bits per heavy atom. The first-order chi connectivity index (χ1) is 30.7. The molecule has 0 amide bonds. The van der Waals surface area contributed by atoms with Crippen LogP contribution >= 0.6 is 7.92 Å². The van der Waals surface area contributed by atoms with Crippen LogP contribution in [0.15, 0.2) is 232 Å². The lowest BCUT2D eigenvalue weighted by atomic mass is 9.98. The molecule has 0 radical (unpaired) electrons. The van der Waals surface area contributed by atoms with Crippen molar-refractivity contribution in [3.63, 3.8) is 0 Å². The summed E-state index contributed by atoms with van der Waals surface area (Å²) in [5.41, 5.74) is 22.4. The van der Waals surface area contributed by atoms with Gasteiger partial charge < -0.3 is 16.0 Å². The summed E-state index contributed by atoms with van der Waals surface area (Å²) in [7, 11) is -0.934. The predicted molar refractivity (Wildman–Crippen MR) is 271 cm³/mol. The van der Waals surface area contributed by atoms with Crippen molar-refractivity contribution < 1.29 is 0 Å². The van der Waals surface area contributed by atoms with Crippen LogP contribution in [0.2, 0.25) is 0 Å². The Labute approximate surface area is 365 Å². The summed E-state index contributed by atoms with van der Waals surface area (Å²) < 4.78 is 7.03. The molecule has 3 aromatic heterocycles. The number of hydrogen-bond acceptors (Lipinski definition) is 2. The van der Waals surface area contributed by atoms with Gasteiger partial charge in [0.15, 0.2) is 0 Å². The van der Waals surface area contributed by atoms with Crippen LogP contribution in [0.3, 0.4) is 0 Å². The molecule has 304 valence electrons. The topological polar surface area (TPSA) is 66.8 Å². The maximum absolute atomic E-state index is 6.59. The van der Waals surface area contributed by atoms with Crippen LogP contribution < -0.4 is 27.4 Å². The van der Waals surface area contributed by atoms with E-state index < -0.39 is 7.92 Å². The van der Waals surface area contributed by atoms with Crippen LogP contribution in [0, 0.1) is 0 Å². The third-order valence-electron chi connectivity index (χ3n) is 10.9. The minimum absolute atomic E-state index is 0.781. The van der Waals surface area contributed by atoms with Crippen molar-refractivity contribution in [3.05, 3.63) is 232 Å². The Bertz CT molecular complexity index is 3140. The molecule has 0 bridgehead atoms. The molecule has 6 heteroatoms. The highest BCUT2D eigenvalue weighted by molar-refractivity contribution is 7.80. The van der Waals surface area contributed by atoms with E-state index >= 15 is 0 Å². The number of aromatic nitrogens is 3. The lowest BCUT2D eigenvalue weighted by molar-refractivity contribution is 1.09. The van der Waals surface area contributed by atoms with Crippen LogP contribution in [-0.4, -0.2) is 13.7 Å². The van der Waals surface area contributed by atoms with Gasteiger partial charge in [0.05, 0.1) is 22.2 Å². The zero-order chi connectivity index (χ0) is 43.0. The number of allylic oxidation sites excluding steroid dienone is 4. The molecule has 0 aliphatic rings. The zero-order valence-corrected chi connectivity index (χ0v) is 36.0. The smallest absolute Gasteiger partial charge is 0.131 e. The molecule has 62 heavy (non-hydrogen) atoms. The van der Waals surface area contributed by atoms with E-state index in [4.69, 9.17) is 11.5 Å². The molecule has 0 aliphatic heterocycles. The van der Waals surface area contributed by atoms with E-state index in [2.05, 4.69) is 215 Å². The van der Waals surface area contributed by atoms with Gasteiger partial charge in [-0.1, -0.05) is 185 Å². The average molecular weight is 824 g/mol. The van der Waals surface area contributed by atoms with Crippen molar-refractivity contribution >= 4 is 73.3 Å². The van der Waals surface area contributed by atoms with Gasteiger partial charge in [-0.05, 0) is 72.8 Å². The normalized spacial score (nSPS) is 11.5. The van der Waals surface area contributed by atoms with Crippen molar-refractivity contribution in [3.8, 4) is 22.5 Å². The van der Waals surface area contributed by atoms with Crippen molar-refractivity contribution in [1.82, 2.24) is 13.7 Å². The second-order valence-corrected chi connectivity index (χ2v) is 16.5. The fourth-order valence-electron chi connectivity index (χ4n) is 8.45. The van der Waals surface area contributed by atoms with Crippen LogP contribution in [0.4, 0.5) is 0 Å². The maximum atomic E-state index is 6.59. The number of rotatable bonds is 9. The first-order valence-corrected chi connectivity index (χ1v) is 22.3. The standard InChI is InChI=1S/C50H38N5P.C4H6.C2H6/c51-32-30-37(34-52)55-48-42(40-24-14-28-45-41(40)31-33-53(45)35-16-5-1-6-17-35)25-13-26-43(48)47-44-27-15-29-46(49(44)54(50(47)55)36-18-7-2-8-19-36)56(38-20-9-3-10-21-38)39-22-11-4-12-23-39;1-3-4-2;1-2/h1-34H,51-52H2;3-4H,1-2H2;1-2H3/b32-30-,37-34+;;. The highest BCUT2D eigenvalue weighted by Gasteiger charge is 2.29. The van der Waals surface area contributed by atoms with Gasteiger partial charge in [-0.2, -0.15) is 0 Å². The molecule has 0 spiro atoms. The Balaban J connectivity index is 0.000000836. The monoisotopic (exact) mass is 823 g/mol. The molecule has 10 aromatic rings. The van der Waals surface area contributed by atoms with Gasteiger partial charge in [0, 0.05) is 56.2 Å². The molecule has 0 fully saturated rings. The Hall–Kier alpha value is -7.59. The number of nitrogens with zero attached hydrogens (tertiary/aromatic N) is 3. The number of fused-ring (bicyclic) bond motifs is 6. The molecule has 4 N–H and O–H groups in total. The third kappa shape index (κ3) is 7.34. The predicted octanol–water partition coefficient (Wildman–Crippen LogP) is 12.7. The van der Waals surface area contributed by atoms with E-state index in [1.54, 1.807) is 24.6 Å². The number of hydrogen-bond donors (Lipinski definition) is 2. The SMILES string of the molecule is C=CC=C.CC.N/C=C\C(=C/N)n1c2c(-c3cccc4c3ccn4-c3ccccc3)cccc2c2c3cccc(P(c4ccccc4)c4ccccc4)c3n(-c3ccccc3)c21. The van der Waals surface area contributed by atoms with Crippen molar-refractivity contribution in [2.45, 2.75) is 13.8 Å². The Kier molecular flexibility index (Phi) is 12.5. The van der Waals surface area contributed by atoms with E-state index in [1.807, 2.05) is 19.9 Å². The lowest BCUT2D eigenvalue weighted by Gasteiger charge is -2.22. The van der Waals surface area contributed by atoms with Gasteiger partial charge >= 0.3 is 0 Å². The van der Waals surface area contributed by atoms with Gasteiger partial charge in [0.25, 0.3) is 0 Å². The highest BCUT2D eigenvalue weighted by atomic mass is 31.1. The van der Waals surface area contributed by atoms with Gasteiger partial charge in [-0.3, -0.25) is 9.13 Å². The maximum Gasteiger partial charge on any atom is 0.131 e. The largest absolute Gasteiger partial charge is 0.405 e. The molecule has 0 unspecified atom stereocenters. The summed E-state index contributed by atoms with van der Waals surface area (Å²) in [6.45, 7) is 10.7. The molecule has 0 saturated carbocycles. The van der Waals surface area contributed by atoms with Crippen molar-refractivity contribution in [1.29, 1.82) is 0 Å². The fourth-order valence-corrected chi connectivity index (χ4v) is 10.9. The first kappa shape index (κ1) is 41.2. The number of benzene rings is 7. The van der Waals surface area contributed by atoms with Crippen molar-refractivity contribution in [2.24, 2.45) is 11.5 Å². The molecule has 7 aromatic carbocycles. The molecular formula is C56H50N5P. The fraction of sp³-hybridized carbons (Fsp3) is 0.0357. The zero-order valence-electron chi connectivity index (χ0n) is 35.1. The van der Waals surface area contributed by atoms with E-state index in [9.17, 15) is 0 Å². The van der Waals surface area contributed by atoms with Crippen LogP contribution in [0.5, 0.6) is 0 Å². The van der Waals surface area contributed by atoms with E-state index in [1.165, 1.54) is 32.2 Å². The van der Waals surface area contributed by atoms with Crippen LogP contribution in [0.1, 0.15) is 13.8 Å². The van der Waals surface area contributed by atoms with E-state index in [0.717, 1.165) is 55.7 Å². The first-order valence-electron chi connectivity index (χ1n) is 20.9. The highest BCUT2D eigenvalue weighted by Crippen LogP contribution is 2.47. The molecule has 5 nitrogen and oxygen atoms in total. The van der Waals surface area contributed by atoms with Crippen LogP contribution in [0.25, 0.3) is 71.9 Å². The van der Waals surface area contributed by atoms with Gasteiger partial charge in [-0.15, -0.1) is 0 Å². The number of para-hydroxylation sites is 4. The third-order valence-corrected chi connectivity index (χ3v) is 13.4. The second-order valence-electron chi connectivity index (χ2n) is 14.3. The summed E-state index contributed by atoms with van der Waals surface area (Å²) in [4.78, 5) is 0. The molecular weight excluding hydrogens is 774 g/mol. The molecule has 0 aliphatic carbocycles. The van der Waals surface area contributed by atoms with Gasteiger partial charge in [0.2, 0.25) is 0 Å². The van der Waals surface area contributed by atoms with Gasteiger partial charge in [-0.25, -0.2) is 0 Å². The van der Waals surface area contributed by atoms with Crippen LogP contribution in [-0.2, 0) is 0 Å². The molecule has 0 saturated heterocycles. The van der Waals surface area contributed by atoms with E-state index in [0.29, 0.717) is 0 Å². The molecule has 3 heterocycles. The minimum Gasteiger partial charge on any atom is -0.405 e. The molecule has 0 atom stereocenters. The van der Waals surface area contributed by atoms with Gasteiger partial charge in [0.1, 0.15) is 5.65 Å². The lowest BCUT2D eigenvalue weighted by Crippen LogP contribution is -2.22. The average Bonchev–Trinajstić information content (AvgIpc) is 4.04.